The zero-order chi connectivity index (χ0) is 12.1. The van der Waals surface area contributed by atoms with Crippen LogP contribution in [0.25, 0.3) is 0 Å². The number of likely N-dealkylation sites (N-methyl/N-ethyl adjacent to an activating group) is 1. The minimum absolute atomic E-state index is 0.212. The number of aryl methyl sites for hydroxylation is 2. The fourth-order valence-electron chi connectivity index (χ4n) is 1.75. The van der Waals surface area contributed by atoms with Gasteiger partial charge >= 0.3 is 0 Å². The predicted octanol–water partition coefficient (Wildman–Crippen LogP) is 3.33. The van der Waals surface area contributed by atoms with E-state index in [2.05, 4.69) is 12.2 Å². The Morgan fingerprint density at radius 1 is 1.31 bits per heavy atom. The third kappa shape index (κ3) is 3.39. The van der Waals surface area contributed by atoms with Crippen molar-refractivity contribution in [2.75, 3.05) is 13.6 Å². The van der Waals surface area contributed by atoms with E-state index in [4.69, 9.17) is 16.3 Å². The van der Waals surface area contributed by atoms with Crippen LogP contribution in [0.5, 0.6) is 5.75 Å². The number of nitrogens with one attached hydrogen (secondary N) is 1. The lowest BCUT2D eigenvalue weighted by atomic mass is 10.1. The molecule has 0 saturated carbocycles. The van der Waals surface area contributed by atoms with Gasteiger partial charge < -0.3 is 10.1 Å². The molecule has 1 N–H and O–H groups in total. The van der Waals surface area contributed by atoms with E-state index in [0.29, 0.717) is 0 Å². The summed E-state index contributed by atoms with van der Waals surface area (Å²) in [5, 5.41) is 3.91. The highest BCUT2D eigenvalue weighted by Gasteiger charge is 2.11. The van der Waals surface area contributed by atoms with E-state index in [9.17, 15) is 0 Å². The van der Waals surface area contributed by atoms with Gasteiger partial charge in [0, 0.05) is 11.6 Å². The highest BCUT2D eigenvalue weighted by Crippen LogP contribution is 2.28. The Balaban J connectivity index is 2.87. The molecule has 0 amide bonds. The summed E-state index contributed by atoms with van der Waals surface area (Å²) in [5.74, 6) is 0.964. The molecular formula is C13H20ClNO. The zero-order valence-electron chi connectivity index (χ0n) is 10.4. The van der Waals surface area contributed by atoms with Gasteiger partial charge in [0.15, 0.2) is 0 Å². The summed E-state index contributed by atoms with van der Waals surface area (Å²) < 4.78 is 6.00. The maximum absolute atomic E-state index is 6.00. The highest BCUT2D eigenvalue weighted by atomic mass is 35.5. The third-order valence-electron chi connectivity index (χ3n) is 2.60. The molecule has 3 heteroatoms. The topological polar surface area (TPSA) is 21.3 Å². The second kappa shape index (κ2) is 6.12. The maximum Gasteiger partial charge on any atom is 0.125 e. The lowest BCUT2D eigenvalue weighted by molar-refractivity contribution is 0.194. The van der Waals surface area contributed by atoms with Crippen LogP contribution in [0, 0.1) is 13.8 Å². The number of rotatable bonds is 5. The van der Waals surface area contributed by atoms with Crippen LogP contribution in [0.15, 0.2) is 12.1 Å². The second-order valence-corrected chi connectivity index (χ2v) is 4.51. The molecule has 1 atom stereocenters. The molecule has 2 nitrogen and oxygen atoms in total. The fourth-order valence-corrected chi connectivity index (χ4v) is 2.07. The van der Waals surface area contributed by atoms with Crippen molar-refractivity contribution in [3.8, 4) is 5.75 Å². The molecular weight excluding hydrogens is 222 g/mol. The Morgan fingerprint density at radius 3 is 2.31 bits per heavy atom. The predicted molar refractivity (Wildman–Crippen MR) is 69.6 cm³/mol. The number of hydrogen-bond donors (Lipinski definition) is 1. The molecule has 1 unspecified atom stereocenters. The molecule has 0 fully saturated rings. The van der Waals surface area contributed by atoms with Crippen LogP contribution in [0.2, 0.25) is 5.02 Å². The monoisotopic (exact) mass is 241 g/mol. The highest BCUT2D eigenvalue weighted by molar-refractivity contribution is 6.30. The summed E-state index contributed by atoms with van der Waals surface area (Å²) in [5.41, 5.74) is 2.19. The van der Waals surface area contributed by atoms with Crippen LogP contribution in [0.3, 0.4) is 0 Å². The Hall–Kier alpha value is -0.730. The summed E-state index contributed by atoms with van der Waals surface area (Å²) in [6.45, 7) is 7.04. The van der Waals surface area contributed by atoms with Gasteiger partial charge in [-0.1, -0.05) is 18.5 Å². The molecule has 1 aromatic carbocycles. The fraction of sp³-hybridized carbons (Fsp3) is 0.538. The second-order valence-electron chi connectivity index (χ2n) is 4.07. The van der Waals surface area contributed by atoms with Gasteiger partial charge in [-0.05, 0) is 50.6 Å². The van der Waals surface area contributed by atoms with Crippen molar-refractivity contribution in [1.29, 1.82) is 0 Å². The van der Waals surface area contributed by atoms with Gasteiger partial charge in [0.2, 0.25) is 0 Å². The normalized spacial score (nSPS) is 12.6. The largest absolute Gasteiger partial charge is 0.489 e. The first-order valence-electron chi connectivity index (χ1n) is 5.66. The molecule has 0 heterocycles. The van der Waals surface area contributed by atoms with E-state index >= 15 is 0 Å². The first-order chi connectivity index (χ1) is 7.58. The lowest BCUT2D eigenvalue weighted by Crippen LogP contribution is -2.28. The van der Waals surface area contributed by atoms with Gasteiger partial charge in [-0.3, -0.25) is 0 Å². The van der Waals surface area contributed by atoms with Crippen molar-refractivity contribution >= 4 is 11.6 Å². The zero-order valence-corrected chi connectivity index (χ0v) is 11.2. The number of hydrogen-bond acceptors (Lipinski definition) is 2. The number of ether oxygens (including phenoxy) is 1. The molecule has 0 radical (unpaired) electrons. The molecule has 0 saturated heterocycles. The summed E-state index contributed by atoms with van der Waals surface area (Å²) >= 11 is 5.99. The van der Waals surface area contributed by atoms with Crippen LogP contribution in [0.4, 0.5) is 0 Å². The summed E-state index contributed by atoms with van der Waals surface area (Å²) in [4.78, 5) is 0. The van der Waals surface area contributed by atoms with Gasteiger partial charge in [0.25, 0.3) is 0 Å². The molecule has 0 aromatic heterocycles. The average molecular weight is 242 g/mol. The molecule has 1 rings (SSSR count). The quantitative estimate of drug-likeness (QED) is 0.854. The van der Waals surface area contributed by atoms with Crippen molar-refractivity contribution in [3.63, 3.8) is 0 Å². The van der Waals surface area contributed by atoms with Crippen LogP contribution in [-0.4, -0.2) is 19.7 Å². The van der Waals surface area contributed by atoms with E-state index in [0.717, 1.165) is 34.9 Å². The smallest absolute Gasteiger partial charge is 0.125 e. The van der Waals surface area contributed by atoms with Crippen molar-refractivity contribution in [2.45, 2.75) is 33.3 Å². The Labute approximate surface area is 103 Å². The first-order valence-corrected chi connectivity index (χ1v) is 6.04. The number of benzene rings is 1. The van der Waals surface area contributed by atoms with E-state index in [1.807, 2.05) is 33.0 Å². The first kappa shape index (κ1) is 13.3. The standard InChI is InChI=1S/C13H20ClNO/c1-5-12(8-15-4)16-13-9(2)6-11(14)7-10(13)3/h6-7,12,15H,5,8H2,1-4H3. The lowest BCUT2D eigenvalue weighted by Gasteiger charge is -2.20. The van der Waals surface area contributed by atoms with Gasteiger partial charge in [-0.15, -0.1) is 0 Å². The van der Waals surface area contributed by atoms with Gasteiger partial charge in [0.05, 0.1) is 0 Å². The van der Waals surface area contributed by atoms with Crippen molar-refractivity contribution in [1.82, 2.24) is 5.32 Å². The summed E-state index contributed by atoms with van der Waals surface area (Å²) in [6, 6.07) is 3.88. The van der Waals surface area contributed by atoms with Gasteiger partial charge in [-0.25, -0.2) is 0 Å². The van der Waals surface area contributed by atoms with Crippen molar-refractivity contribution in [2.24, 2.45) is 0 Å². The molecule has 0 spiro atoms. The minimum atomic E-state index is 0.212. The molecule has 16 heavy (non-hydrogen) atoms. The van der Waals surface area contributed by atoms with Gasteiger partial charge in [-0.2, -0.15) is 0 Å². The maximum atomic E-state index is 6.00. The third-order valence-corrected chi connectivity index (χ3v) is 2.81. The molecule has 90 valence electrons. The van der Waals surface area contributed by atoms with Crippen LogP contribution < -0.4 is 10.1 Å². The van der Waals surface area contributed by atoms with E-state index in [1.165, 1.54) is 0 Å². The van der Waals surface area contributed by atoms with Crippen LogP contribution >= 0.6 is 11.6 Å². The van der Waals surface area contributed by atoms with E-state index in [-0.39, 0.29) is 6.10 Å². The minimum Gasteiger partial charge on any atom is -0.489 e. The summed E-state index contributed by atoms with van der Waals surface area (Å²) in [6.07, 6.45) is 1.20. The SMILES string of the molecule is CCC(CNC)Oc1c(C)cc(Cl)cc1C. The Bertz CT molecular complexity index is 329. The average Bonchev–Trinajstić information content (AvgIpc) is 2.21. The van der Waals surface area contributed by atoms with Crippen LogP contribution in [-0.2, 0) is 0 Å². The molecule has 1 aromatic rings. The van der Waals surface area contributed by atoms with Gasteiger partial charge in [0.1, 0.15) is 11.9 Å². The Morgan fingerprint density at radius 2 is 1.88 bits per heavy atom. The molecule has 0 aliphatic rings. The molecule has 0 aliphatic carbocycles. The van der Waals surface area contributed by atoms with E-state index < -0.39 is 0 Å². The number of halogens is 1. The molecule has 0 aliphatic heterocycles. The van der Waals surface area contributed by atoms with Crippen molar-refractivity contribution < 1.29 is 4.74 Å². The van der Waals surface area contributed by atoms with Crippen molar-refractivity contribution in [3.05, 3.63) is 28.3 Å². The summed E-state index contributed by atoms with van der Waals surface area (Å²) in [7, 11) is 1.94. The molecule has 0 bridgehead atoms. The van der Waals surface area contributed by atoms with E-state index in [1.54, 1.807) is 0 Å². The Kier molecular flexibility index (Phi) is 5.10. The van der Waals surface area contributed by atoms with Crippen LogP contribution in [0.1, 0.15) is 24.5 Å².